The number of carbonyl (C=O) groups is 1. The standard InChI is InChI=1S/C23H23ClN4O2/c24-20-3-1-2-17(14-20)15-28-22(8-11-25-28)26-23(30)16-27-12-9-19(10-13-27)18-4-6-21(29)7-5-18/h1-9,11,14,29H,10,12-13,15-16H2,(H,26,30). The monoisotopic (exact) mass is 422 g/mol. The molecule has 2 aromatic carbocycles. The van der Waals surface area contributed by atoms with E-state index in [9.17, 15) is 9.90 Å². The lowest BCUT2D eigenvalue weighted by Crippen LogP contribution is -2.36. The summed E-state index contributed by atoms with van der Waals surface area (Å²) in [7, 11) is 0. The number of carbonyl (C=O) groups excluding carboxylic acids is 1. The molecule has 7 heteroatoms. The summed E-state index contributed by atoms with van der Waals surface area (Å²) in [4.78, 5) is 14.7. The Balaban J connectivity index is 1.33. The molecule has 0 aliphatic carbocycles. The van der Waals surface area contributed by atoms with Crippen LogP contribution in [0.2, 0.25) is 5.02 Å². The molecule has 2 heterocycles. The minimum absolute atomic E-state index is 0.0654. The highest BCUT2D eigenvalue weighted by atomic mass is 35.5. The van der Waals surface area contributed by atoms with Crippen molar-refractivity contribution in [3.05, 3.63) is 83.0 Å². The molecule has 1 aromatic heterocycles. The van der Waals surface area contributed by atoms with Crippen molar-refractivity contribution in [3.8, 4) is 5.75 Å². The van der Waals surface area contributed by atoms with Gasteiger partial charge in [0.05, 0.1) is 19.3 Å². The van der Waals surface area contributed by atoms with Crippen molar-refractivity contribution in [3.63, 3.8) is 0 Å². The smallest absolute Gasteiger partial charge is 0.239 e. The van der Waals surface area contributed by atoms with Crippen LogP contribution in [0.4, 0.5) is 5.82 Å². The Labute approximate surface area is 180 Å². The minimum Gasteiger partial charge on any atom is -0.508 e. The quantitative estimate of drug-likeness (QED) is 0.629. The number of aromatic nitrogens is 2. The lowest BCUT2D eigenvalue weighted by Gasteiger charge is -2.26. The summed E-state index contributed by atoms with van der Waals surface area (Å²) in [5, 5.41) is 17.4. The largest absolute Gasteiger partial charge is 0.508 e. The van der Waals surface area contributed by atoms with Gasteiger partial charge in [0, 0.05) is 24.2 Å². The Morgan fingerprint density at radius 1 is 1.17 bits per heavy atom. The molecule has 2 N–H and O–H groups in total. The second-order valence-electron chi connectivity index (χ2n) is 7.31. The second kappa shape index (κ2) is 9.15. The Morgan fingerprint density at radius 3 is 2.73 bits per heavy atom. The molecule has 1 aliphatic rings. The van der Waals surface area contributed by atoms with Crippen molar-refractivity contribution in [2.75, 3.05) is 25.0 Å². The van der Waals surface area contributed by atoms with Gasteiger partial charge in [0.2, 0.25) is 5.91 Å². The topological polar surface area (TPSA) is 70.4 Å². The first-order valence-corrected chi connectivity index (χ1v) is 10.2. The van der Waals surface area contributed by atoms with Crippen LogP contribution < -0.4 is 5.32 Å². The fourth-order valence-corrected chi connectivity index (χ4v) is 3.76. The van der Waals surface area contributed by atoms with E-state index in [0.717, 1.165) is 24.1 Å². The lowest BCUT2D eigenvalue weighted by atomic mass is 9.99. The van der Waals surface area contributed by atoms with Crippen molar-refractivity contribution in [1.82, 2.24) is 14.7 Å². The number of phenols is 1. The lowest BCUT2D eigenvalue weighted by molar-refractivity contribution is -0.117. The third-order valence-corrected chi connectivity index (χ3v) is 5.34. The Kier molecular flexibility index (Phi) is 6.16. The first-order chi connectivity index (χ1) is 14.6. The number of nitrogens with zero attached hydrogens (tertiary/aromatic N) is 3. The van der Waals surface area contributed by atoms with Gasteiger partial charge in [-0.05, 0) is 47.4 Å². The summed E-state index contributed by atoms with van der Waals surface area (Å²) in [6, 6.07) is 16.6. The van der Waals surface area contributed by atoms with Crippen LogP contribution in [0.3, 0.4) is 0 Å². The molecular formula is C23H23ClN4O2. The molecule has 30 heavy (non-hydrogen) atoms. The van der Waals surface area contributed by atoms with Gasteiger partial charge >= 0.3 is 0 Å². The normalized spacial score (nSPS) is 14.4. The van der Waals surface area contributed by atoms with E-state index in [4.69, 9.17) is 11.6 Å². The third-order valence-electron chi connectivity index (χ3n) is 5.10. The van der Waals surface area contributed by atoms with Crippen LogP contribution in [0.15, 0.2) is 66.9 Å². The zero-order chi connectivity index (χ0) is 20.9. The van der Waals surface area contributed by atoms with Crippen LogP contribution in [-0.2, 0) is 11.3 Å². The maximum Gasteiger partial charge on any atom is 0.239 e. The van der Waals surface area contributed by atoms with Crippen molar-refractivity contribution in [2.24, 2.45) is 0 Å². The highest BCUT2D eigenvalue weighted by molar-refractivity contribution is 6.30. The number of aromatic hydroxyl groups is 1. The van der Waals surface area contributed by atoms with Gasteiger partial charge in [-0.15, -0.1) is 0 Å². The van der Waals surface area contributed by atoms with Crippen LogP contribution >= 0.6 is 11.6 Å². The fraction of sp³-hybridized carbons (Fsp3) is 0.217. The number of halogens is 1. The van der Waals surface area contributed by atoms with E-state index in [2.05, 4.69) is 21.4 Å². The number of amides is 1. The molecule has 3 aromatic rings. The molecule has 1 aliphatic heterocycles. The Bertz CT molecular complexity index is 1060. The second-order valence-corrected chi connectivity index (χ2v) is 7.75. The molecule has 0 unspecified atom stereocenters. The first-order valence-electron chi connectivity index (χ1n) is 9.84. The van der Waals surface area contributed by atoms with E-state index >= 15 is 0 Å². The highest BCUT2D eigenvalue weighted by Gasteiger charge is 2.17. The maximum absolute atomic E-state index is 12.6. The van der Waals surface area contributed by atoms with Gasteiger partial charge in [-0.2, -0.15) is 5.10 Å². The molecule has 0 bridgehead atoms. The number of rotatable bonds is 6. The highest BCUT2D eigenvalue weighted by Crippen LogP contribution is 2.24. The van der Waals surface area contributed by atoms with Gasteiger partial charge in [0.1, 0.15) is 11.6 Å². The van der Waals surface area contributed by atoms with Gasteiger partial charge in [-0.3, -0.25) is 9.69 Å². The van der Waals surface area contributed by atoms with Crippen LogP contribution in [0.5, 0.6) is 5.75 Å². The van der Waals surface area contributed by atoms with Crippen LogP contribution in [-0.4, -0.2) is 45.3 Å². The number of hydrogen-bond donors (Lipinski definition) is 2. The average Bonchev–Trinajstić information content (AvgIpc) is 3.15. The average molecular weight is 423 g/mol. The zero-order valence-corrected chi connectivity index (χ0v) is 17.2. The molecule has 6 nitrogen and oxygen atoms in total. The molecule has 0 saturated heterocycles. The molecule has 154 valence electrons. The Morgan fingerprint density at radius 2 is 2.00 bits per heavy atom. The number of nitrogens with one attached hydrogen (secondary N) is 1. The van der Waals surface area contributed by atoms with E-state index in [-0.39, 0.29) is 11.7 Å². The maximum atomic E-state index is 12.6. The van der Waals surface area contributed by atoms with Crippen LogP contribution in [0, 0.1) is 0 Å². The zero-order valence-electron chi connectivity index (χ0n) is 16.5. The van der Waals surface area contributed by atoms with Crippen LogP contribution in [0.25, 0.3) is 5.57 Å². The summed E-state index contributed by atoms with van der Waals surface area (Å²) >= 11 is 6.05. The SMILES string of the molecule is O=C(CN1CC=C(c2ccc(O)cc2)CC1)Nc1ccnn1Cc1cccc(Cl)c1. The molecule has 0 fully saturated rings. The van der Waals surface area contributed by atoms with Crippen molar-refractivity contribution in [1.29, 1.82) is 0 Å². The van der Waals surface area contributed by atoms with E-state index < -0.39 is 0 Å². The van der Waals surface area contributed by atoms with Crippen LogP contribution in [0.1, 0.15) is 17.5 Å². The molecular weight excluding hydrogens is 400 g/mol. The fourth-order valence-electron chi connectivity index (χ4n) is 3.55. The molecule has 4 rings (SSSR count). The number of phenolic OH excluding ortho intramolecular Hbond substituents is 1. The predicted octanol–water partition coefficient (Wildman–Crippen LogP) is 4.02. The Hall–Kier alpha value is -3.09. The summed E-state index contributed by atoms with van der Waals surface area (Å²) in [5.74, 6) is 0.865. The van der Waals surface area contributed by atoms with Crippen molar-refractivity contribution in [2.45, 2.75) is 13.0 Å². The number of hydrogen-bond acceptors (Lipinski definition) is 4. The third kappa shape index (κ3) is 5.09. The number of anilines is 1. The molecule has 0 atom stereocenters. The van der Waals surface area contributed by atoms with Gasteiger partial charge < -0.3 is 10.4 Å². The predicted molar refractivity (Wildman–Crippen MR) is 119 cm³/mol. The van der Waals surface area contributed by atoms with Gasteiger partial charge in [0.25, 0.3) is 0 Å². The summed E-state index contributed by atoms with van der Waals surface area (Å²) in [6.45, 7) is 2.38. The molecule has 0 spiro atoms. The number of benzene rings is 2. The first kappa shape index (κ1) is 20.2. The van der Waals surface area contributed by atoms with E-state index in [1.165, 1.54) is 5.57 Å². The summed E-state index contributed by atoms with van der Waals surface area (Å²) in [6.07, 6.45) is 4.69. The van der Waals surface area contributed by atoms with Crippen molar-refractivity contribution >= 4 is 28.9 Å². The molecule has 0 radical (unpaired) electrons. The van der Waals surface area contributed by atoms with Gasteiger partial charge in [-0.25, -0.2) is 4.68 Å². The summed E-state index contributed by atoms with van der Waals surface area (Å²) < 4.78 is 1.75. The van der Waals surface area contributed by atoms with Crippen molar-refractivity contribution < 1.29 is 9.90 Å². The van der Waals surface area contributed by atoms with E-state index in [1.807, 2.05) is 36.4 Å². The molecule has 0 saturated carbocycles. The molecule has 1 amide bonds. The van der Waals surface area contributed by atoms with Gasteiger partial charge in [0.15, 0.2) is 0 Å². The van der Waals surface area contributed by atoms with E-state index in [0.29, 0.717) is 30.5 Å². The van der Waals surface area contributed by atoms with E-state index in [1.54, 1.807) is 29.1 Å². The van der Waals surface area contributed by atoms with Gasteiger partial charge in [-0.1, -0.05) is 41.9 Å². The minimum atomic E-state index is -0.0654. The summed E-state index contributed by atoms with van der Waals surface area (Å²) in [5.41, 5.74) is 3.37.